The highest BCUT2D eigenvalue weighted by Crippen LogP contribution is 2.59. The molecule has 4 aliphatic carbocycles. The number of hydrogen-bond donors (Lipinski definition) is 4. The molecule has 0 aromatic rings. The van der Waals surface area contributed by atoms with E-state index in [2.05, 4.69) is 11.4 Å². The van der Waals surface area contributed by atoms with Crippen LogP contribution in [0.25, 0.3) is 0 Å². The molecule has 0 aromatic heterocycles. The normalized spacial score (nSPS) is 47.3. The van der Waals surface area contributed by atoms with Gasteiger partial charge in [-0.25, -0.2) is 4.39 Å². The first-order valence-electron chi connectivity index (χ1n) is 9.98. The van der Waals surface area contributed by atoms with Gasteiger partial charge in [0.2, 0.25) is 0 Å². The van der Waals surface area contributed by atoms with Crippen molar-refractivity contribution in [1.82, 2.24) is 5.32 Å². The Bertz CT molecular complexity index is 592. The Balaban J connectivity index is 0.000000613. The summed E-state index contributed by atoms with van der Waals surface area (Å²) in [7, 11) is 3.75. The number of hydrogen-bond acceptors (Lipinski definition) is 4. The molecule has 0 saturated heterocycles. The van der Waals surface area contributed by atoms with Crippen LogP contribution in [0.4, 0.5) is 4.39 Å². The Morgan fingerprint density at radius 2 is 1.88 bits per heavy atom. The van der Waals surface area contributed by atoms with Crippen LogP contribution in [0.1, 0.15) is 51.9 Å². The van der Waals surface area contributed by atoms with Gasteiger partial charge in [0, 0.05) is 11.3 Å². The maximum Gasteiger partial charge on any atom is 0.127 e. The molecule has 5 heteroatoms. The summed E-state index contributed by atoms with van der Waals surface area (Å²) in [5.74, 6) is 0.189. The molecule has 0 aliphatic heterocycles. The third kappa shape index (κ3) is 3.17. The molecule has 2 saturated carbocycles. The van der Waals surface area contributed by atoms with E-state index in [1.165, 1.54) is 5.57 Å². The van der Waals surface area contributed by atoms with Gasteiger partial charge in [0.05, 0.1) is 17.8 Å². The predicted molar refractivity (Wildman–Crippen MR) is 100 cm³/mol. The molecule has 0 amide bonds. The third-order valence-electron chi connectivity index (χ3n) is 7.17. The molecule has 148 valence electrons. The number of aliphatic hydroxyl groups is 3. The zero-order chi connectivity index (χ0) is 19.1. The summed E-state index contributed by atoms with van der Waals surface area (Å²) in [5, 5.41) is 34.5. The van der Waals surface area contributed by atoms with E-state index in [1.807, 2.05) is 27.1 Å². The average Bonchev–Trinajstić information content (AvgIpc) is 2.75. The third-order valence-corrected chi connectivity index (χ3v) is 7.17. The first-order valence-corrected chi connectivity index (χ1v) is 9.98. The summed E-state index contributed by atoms with van der Waals surface area (Å²) >= 11 is 0. The molecule has 0 bridgehead atoms. The van der Waals surface area contributed by atoms with Crippen LogP contribution in [-0.4, -0.2) is 53.4 Å². The van der Waals surface area contributed by atoms with Gasteiger partial charge in [-0.3, -0.25) is 0 Å². The molecule has 4 aliphatic rings. The largest absolute Gasteiger partial charge is 0.393 e. The highest BCUT2D eigenvalue weighted by atomic mass is 19.1. The van der Waals surface area contributed by atoms with E-state index >= 15 is 0 Å². The second kappa shape index (κ2) is 7.34. The SMILES string of the molecule is CC12CC=C3C=C4CC(O)CCC4CC[C@]3(O)C1CC(F)C2O.CNC. The smallest absolute Gasteiger partial charge is 0.127 e. The van der Waals surface area contributed by atoms with Gasteiger partial charge in [-0.2, -0.15) is 0 Å². The van der Waals surface area contributed by atoms with Crippen LogP contribution in [-0.2, 0) is 0 Å². The van der Waals surface area contributed by atoms with E-state index in [0.29, 0.717) is 25.2 Å². The Kier molecular flexibility index (Phi) is 5.65. The maximum atomic E-state index is 14.2. The monoisotopic (exact) mass is 367 g/mol. The number of rotatable bonds is 0. The first-order chi connectivity index (χ1) is 12.3. The number of nitrogens with one attached hydrogen (secondary N) is 1. The molecular formula is C21H34FNO3. The summed E-state index contributed by atoms with van der Waals surface area (Å²) in [6, 6.07) is 0. The van der Waals surface area contributed by atoms with Gasteiger partial charge in [0.1, 0.15) is 6.17 Å². The molecule has 26 heavy (non-hydrogen) atoms. The number of aliphatic hydroxyl groups excluding tert-OH is 2. The summed E-state index contributed by atoms with van der Waals surface area (Å²) in [6.07, 6.45) is 6.40. The van der Waals surface area contributed by atoms with Crippen molar-refractivity contribution >= 4 is 0 Å². The van der Waals surface area contributed by atoms with Crippen molar-refractivity contribution in [3.8, 4) is 0 Å². The fourth-order valence-electron chi connectivity index (χ4n) is 5.68. The summed E-state index contributed by atoms with van der Waals surface area (Å²) in [5.41, 5.74) is 0.521. The molecule has 4 N–H and O–H groups in total. The van der Waals surface area contributed by atoms with Crippen molar-refractivity contribution in [2.24, 2.45) is 17.3 Å². The van der Waals surface area contributed by atoms with Crippen LogP contribution in [0.2, 0.25) is 0 Å². The molecule has 0 aromatic carbocycles. The average molecular weight is 368 g/mol. The highest BCUT2D eigenvalue weighted by molar-refractivity contribution is 5.40. The Morgan fingerprint density at radius 3 is 2.58 bits per heavy atom. The summed E-state index contributed by atoms with van der Waals surface area (Å²) < 4.78 is 14.2. The molecule has 0 heterocycles. The van der Waals surface area contributed by atoms with Gasteiger partial charge < -0.3 is 20.6 Å². The van der Waals surface area contributed by atoms with Crippen molar-refractivity contribution < 1.29 is 19.7 Å². The zero-order valence-corrected chi connectivity index (χ0v) is 16.2. The Hall–Kier alpha value is -0.750. The van der Waals surface area contributed by atoms with Crippen molar-refractivity contribution in [3.05, 3.63) is 23.3 Å². The lowest BCUT2D eigenvalue weighted by molar-refractivity contribution is -0.0749. The minimum Gasteiger partial charge on any atom is -0.393 e. The maximum absolute atomic E-state index is 14.2. The zero-order valence-electron chi connectivity index (χ0n) is 16.2. The molecule has 4 nitrogen and oxygen atoms in total. The van der Waals surface area contributed by atoms with Crippen molar-refractivity contribution in [1.29, 1.82) is 0 Å². The summed E-state index contributed by atoms with van der Waals surface area (Å²) in [6.45, 7) is 1.92. The minimum absolute atomic E-state index is 0.234. The predicted octanol–water partition coefficient (Wildman–Crippen LogP) is 2.49. The van der Waals surface area contributed by atoms with Crippen LogP contribution < -0.4 is 5.32 Å². The molecular weight excluding hydrogens is 333 g/mol. The molecule has 4 rings (SSSR count). The number of fused-ring (bicyclic) bond motifs is 4. The topological polar surface area (TPSA) is 72.7 Å². The second-order valence-electron chi connectivity index (χ2n) is 8.93. The van der Waals surface area contributed by atoms with E-state index in [1.54, 1.807) is 0 Å². The fraction of sp³-hybridized carbons (Fsp3) is 0.810. The number of halogens is 1. The van der Waals surface area contributed by atoms with Gasteiger partial charge in [-0.1, -0.05) is 24.6 Å². The van der Waals surface area contributed by atoms with E-state index in [-0.39, 0.29) is 18.4 Å². The minimum atomic E-state index is -1.25. The van der Waals surface area contributed by atoms with Gasteiger partial charge in [0.25, 0.3) is 0 Å². The van der Waals surface area contributed by atoms with Gasteiger partial charge in [-0.05, 0) is 70.5 Å². The van der Waals surface area contributed by atoms with E-state index in [4.69, 9.17) is 0 Å². The van der Waals surface area contributed by atoms with Crippen LogP contribution in [0, 0.1) is 17.3 Å². The van der Waals surface area contributed by atoms with E-state index in [0.717, 1.165) is 24.8 Å². The van der Waals surface area contributed by atoms with Crippen LogP contribution in [0.3, 0.4) is 0 Å². The molecule has 0 spiro atoms. The van der Waals surface area contributed by atoms with Crippen molar-refractivity contribution in [2.45, 2.75) is 75.9 Å². The Morgan fingerprint density at radius 1 is 1.19 bits per heavy atom. The molecule has 6 unspecified atom stereocenters. The lowest BCUT2D eigenvalue weighted by Crippen LogP contribution is -2.50. The standard InChI is InChI=1S/C19H27FO3.C2H7N/c1-18-6-5-13-8-12-9-14(21)3-2-11(12)4-7-19(13,23)16(18)10-15(20)17(18)22;1-3-2/h5,8,11,14-17,21-23H,2-4,6-7,9-10H2,1H3;3H,1-2H3/t11?,14?,15?,16?,17?,18?,19-;/m1./s1. The second-order valence-corrected chi connectivity index (χ2v) is 8.93. The molecule has 0 radical (unpaired) electrons. The highest BCUT2D eigenvalue weighted by Gasteiger charge is 2.61. The van der Waals surface area contributed by atoms with Gasteiger partial charge in [-0.15, -0.1) is 0 Å². The lowest BCUT2D eigenvalue weighted by atomic mass is 9.60. The van der Waals surface area contributed by atoms with Crippen LogP contribution in [0.15, 0.2) is 23.3 Å². The van der Waals surface area contributed by atoms with Crippen molar-refractivity contribution in [2.75, 3.05) is 14.1 Å². The number of alkyl halides is 1. The van der Waals surface area contributed by atoms with Crippen LogP contribution >= 0.6 is 0 Å². The molecule has 7 atom stereocenters. The Labute approximate surface area is 156 Å². The fourth-order valence-corrected chi connectivity index (χ4v) is 5.68. The van der Waals surface area contributed by atoms with Crippen LogP contribution in [0.5, 0.6) is 0 Å². The van der Waals surface area contributed by atoms with E-state index < -0.39 is 23.3 Å². The quantitative estimate of drug-likeness (QED) is 0.531. The van der Waals surface area contributed by atoms with Crippen molar-refractivity contribution in [3.63, 3.8) is 0 Å². The lowest BCUT2D eigenvalue weighted by Gasteiger charge is -2.47. The van der Waals surface area contributed by atoms with Gasteiger partial charge in [0.15, 0.2) is 0 Å². The van der Waals surface area contributed by atoms with Gasteiger partial charge >= 0.3 is 0 Å². The summed E-state index contributed by atoms with van der Waals surface area (Å²) in [4.78, 5) is 0. The molecule has 2 fully saturated rings. The number of allylic oxidation sites excluding steroid dienone is 1. The van der Waals surface area contributed by atoms with E-state index in [9.17, 15) is 19.7 Å². The first kappa shape index (κ1) is 20.0.